The lowest BCUT2D eigenvalue weighted by Gasteiger charge is -2.42. The molecule has 0 spiro atoms. The minimum atomic E-state index is -0.0439. The Balaban J connectivity index is 0.806. The van der Waals surface area contributed by atoms with Gasteiger partial charge in [-0.1, -0.05) is 118 Å². The number of rotatable bonds is 7. The number of fused-ring (bicyclic) bond motifs is 4. The number of imidazole rings is 1. The summed E-state index contributed by atoms with van der Waals surface area (Å²) >= 11 is 0. The predicted molar refractivity (Wildman–Crippen MR) is 292 cm³/mol. The second-order valence-electron chi connectivity index (χ2n) is 20.1. The molecule has 8 nitrogen and oxygen atoms in total. The maximum absolute atomic E-state index is 6.96. The first-order valence-corrected chi connectivity index (χ1v) is 24.8. The summed E-state index contributed by atoms with van der Waals surface area (Å²) < 4.78 is 27.2. The van der Waals surface area contributed by atoms with Gasteiger partial charge in [-0.05, 0) is 136 Å². The number of para-hydroxylation sites is 5. The molecular formula is C64H44BN5O3. The van der Waals surface area contributed by atoms with Crippen LogP contribution in [-0.4, -0.2) is 20.8 Å². The molecule has 0 atom stereocenters. The van der Waals surface area contributed by atoms with Gasteiger partial charge in [0.2, 0.25) is 0 Å². The van der Waals surface area contributed by atoms with E-state index in [2.05, 4.69) is 240 Å². The highest BCUT2D eigenvalue weighted by atomic mass is 16.5. The van der Waals surface area contributed by atoms with Crippen molar-refractivity contribution in [1.82, 2.24) is 14.1 Å². The van der Waals surface area contributed by atoms with E-state index in [-0.39, 0.29) is 12.1 Å². The molecule has 9 aromatic carbocycles. The van der Waals surface area contributed by atoms with Crippen molar-refractivity contribution in [2.75, 3.05) is 4.90 Å². The van der Waals surface area contributed by atoms with E-state index in [4.69, 9.17) is 19.2 Å². The molecule has 3 aromatic heterocycles. The van der Waals surface area contributed by atoms with E-state index in [1.54, 1.807) is 0 Å². The van der Waals surface area contributed by atoms with Crippen molar-refractivity contribution in [2.24, 2.45) is 0 Å². The second-order valence-corrected chi connectivity index (χ2v) is 20.1. The van der Waals surface area contributed by atoms with Crippen LogP contribution in [0.3, 0.4) is 0 Å². The van der Waals surface area contributed by atoms with Gasteiger partial charge in [-0.15, -0.1) is 0 Å². The Morgan fingerprint density at radius 3 is 1.97 bits per heavy atom. The molecule has 0 fully saturated rings. The summed E-state index contributed by atoms with van der Waals surface area (Å²) in [4.78, 5) is 7.22. The summed E-state index contributed by atoms with van der Waals surface area (Å²) in [5, 5.41) is 2.31. The Morgan fingerprint density at radius 2 is 1.19 bits per heavy atom. The van der Waals surface area contributed by atoms with Crippen LogP contribution in [0.15, 0.2) is 212 Å². The topological polar surface area (TPSA) is 57.6 Å². The Labute approximate surface area is 422 Å². The maximum atomic E-state index is 6.96. The fraction of sp³-hybridized carbons (Fsp3) is 0.0625. The first kappa shape index (κ1) is 41.4. The van der Waals surface area contributed by atoms with Crippen LogP contribution in [0.2, 0.25) is 0 Å². The molecular weight excluding hydrogens is 898 g/mol. The third kappa shape index (κ3) is 6.34. The second kappa shape index (κ2) is 15.6. The zero-order valence-corrected chi connectivity index (χ0v) is 40.2. The lowest BCUT2D eigenvalue weighted by molar-refractivity contribution is -0.571. The molecule has 346 valence electrons. The molecule has 0 saturated carbocycles. The average Bonchev–Trinajstić information content (AvgIpc) is 3.97. The van der Waals surface area contributed by atoms with E-state index in [0.717, 1.165) is 118 Å². The molecule has 15 rings (SSSR count). The van der Waals surface area contributed by atoms with Crippen molar-refractivity contribution in [1.29, 1.82) is 0 Å². The van der Waals surface area contributed by atoms with Gasteiger partial charge in [0.25, 0.3) is 13.0 Å². The SMILES string of the molecule is CC(C)(C)c1ccnc(-n2c3ccccc3c3ccc(Oc4cccc(-n5[c-][n+](-c6ccccc6-c6cc7c8c(c6)Oc6cccc9c6B8c6c(cccc6N9c6ccccc6)O7)c6ccccc65)c4)cc32)c1. The standard InChI is InChI=1S/C64H44BN5O3/c1-64(2,3)41-32-33-66-60(36-41)70-50-23-10-8-21-47(50)48-31-30-45(38-55(48)70)71-44-19-13-18-43(37-44)67-39-68(52-25-12-11-24-51(52)67)49-22-9-7-20-46(49)40-34-58-63-59(35-40)73-57-29-15-27-54-62(57)65(63)61-53(26-14-28-56(61)72-58)69(54)42-16-5-4-6-17-42/h4-38H,1-3H3. The minimum absolute atomic E-state index is 0.0245. The summed E-state index contributed by atoms with van der Waals surface area (Å²) in [7, 11) is 0. The first-order valence-electron chi connectivity index (χ1n) is 24.8. The number of anilines is 3. The minimum Gasteiger partial charge on any atom is -0.458 e. The monoisotopic (exact) mass is 941 g/mol. The third-order valence-corrected chi connectivity index (χ3v) is 14.8. The number of hydrogen-bond donors (Lipinski definition) is 0. The van der Waals surface area contributed by atoms with Gasteiger partial charge < -0.3 is 19.1 Å². The van der Waals surface area contributed by atoms with Crippen LogP contribution >= 0.6 is 0 Å². The Morgan fingerprint density at radius 1 is 0.534 bits per heavy atom. The molecule has 3 aliphatic rings. The van der Waals surface area contributed by atoms with Crippen molar-refractivity contribution in [2.45, 2.75) is 26.2 Å². The molecule has 0 saturated heterocycles. The van der Waals surface area contributed by atoms with E-state index in [0.29, 0.717) is 5.75 Å². The molecule has 0 N–H and O–H groups in total. The lowest BCUT2D eigenvalue weighted by atomic mass is 9.33. The molecule has 0 unspecified atom stereocenters. The van der Waals surface area contributed by atoms with Crippen LogP contribution in [0.5, 0.6) is 34.5 Å². The maximum Gasteiger partial charge on any atom is 0.269 e. The molecule has 0 amide bonds. The summed E-state index contributed by atoms with van der Waals surface area (Å²) in [5.41, 5.74) is 15.9. The number of ether oxygens (including phenoxy) is 3. The smallest absolute Gasteiger partial charge is 0.269 e. The highest BCUT2D eigenvalue weighted by molar-refractivity contribution is 7.00. The third-order valence-electron chi connectivity index (χ3n) is 14.8. The molecule has 0 radical (unpaired) electrons. The van der Waals surface area contributed by atoms with Crippen LogP contribution in [0, 0.1) is 6.33 Å². The van der Waals surface area contributed by atoms with Crippen LogP contribution in [0.1, 0.15) is 26.3 Å². The normalized spacial score (nSPS) is 13.0. The molecule has 6 heterocycles. The fourth-order valence-electron chi connectivity index (χ4n) is 11.5. The zero-order chi connectivity index (χ0) is 48.5. The van der Waals surface area contributed by atoms with E-state index in [1.165, 1.54) is 10.9 Å². The van der Waals surface area contributed by atoms with Crippen molar-refractivity contribution >= 4 is 73.0 Å². The molecule has 0 aliphatic carbocycles. The van der Waals surface area contributed by atoms with Crippen molar-refractivity contribution in [3.63, 3.8) is 0 Å². The summed E-state index contributed by atoms with van der Waals surface area (Å²) in [6.45, 7) is 6.65. The van der Waals surface area contributed by atoms with E-state index in [1.807, 2.05) is 18.3 Å². The van der Waals surface area contributed by atoms with E-state index < -0.39 is 0 Å². The molecule has 0 bridgehead atoms. The number of pyridine rings is 1. The summed E-state index contributed by atoms with van der Waals surface area (Å²) in [5.74, 6) is 5.62. The van der Waals surface area contributed by atoms with Crippen LogP contribution in [0.4, 0.5) is 17.1 Å². The van der Waals surface area contributed by atoms with Crippen LogP contribution in [-0.2, 0) is 5.41 Å². The Bertz CT molecular complexity index is 4190. The number of hydrogen-bond acceptors (Lipinski definition) is 5. The van der Waals surface area contributed by atoms with Gasteiger partial charge in [-0.25, -0.2) is 4.98 Å². The zero-order valence-electron chi connectivity index (χ0n) is 40.2. The molecule has 12 aromatic rings. The summed E-state index contributed by atoms with van der Waals surface area (Å²) in [6.07, 6.45) is 5.68. The van der Waals surface area contributed by atoms with Gasteiger partial charge in [0.15, 0.2) is 0 Å². The van der Waals surface area contributed by atoms with Crippen LogP contribution in [0.25, 0.3) is 61.2 Å². The van der Waals surface area contributed by atoms with Crippen molar-refractivity contribution in [3.8, 4) is 62.8 Å². The number of benzene rings is 9. The lowest BCUT2D eigenvalue weighted by Crippen LogP contribution is -2.61. The first-order chi connectivity index (χ1) is 35.8. The fourth-order valence-corrected chi connectivity index (χ4v) is 11.5. The van der Waals surface area contributed by atoms with Crippen molar-refractivity contribution in [3.05, 3.63) is 224 Å². The van der Waals surface area contributed by atoms with Gasteiger partial charge >= 0.3 is 0 Å². The molecule has 3 aliphatic heterocycles. The van der Waals surface area contributed by atoms with E-state index >= 15 is 0 Å². The highest BCUT2D eigenvalue weighted by Gasteiger charge is 2.47. The predicted octanol–water partition coefficient (Wildman–Crippen LogP) is 13.5. The quantitative estimate of drug-likeness (QED) is 0.0905. The average molecular weight is 942 g/mol. The van der Waals surface area contributed by atoms with E-state index in [9.17, 15) is 0 Å². The van der Waals surface area contributed by atoms with Gasteiger partial charge in [-0.2, -0.15) is 0 Å². The Hall–Kier alpha value is -9.34. The number of nitrogens with zero attached hydrogens (tertiary/aromatic N) is 5. The largest absolute Gasteiger partial charge is 0.458 e. The van der Waals surface area contributed by atoms with Gasteiger partial charge in [0.05, 0.1) is 33.4 Å². The summed E-state index contributed by atoms with van der Waals surface area (Å²) in [6, 6.07) is 72.0. The van der Waals surface area contributed by atoms with Crippen molar-refractivity contribution < 1.29 is 18.8 Å². The van der Waals surface area contributed by atoms with Crippen LogP contribution < -0.4 is 40.1 Å². The van der Waals surface area contributed by atoms with Gasteiger partial charge in [-0.3, -0.25) is 13.7 Å². The number of aromatic nitrogens is 4. The Kier molecular flexibility index (Phi) is 8.85. The molecule has 73 heavy (non-hydrogen) atoms. The highest BCUT2D eigenvalue weighted by Crippen LogP contribution is 2.47. The van der Waals surface area contributed by atoms with Gasteiger partial charge in [0.1, 0.15) is 40.3 Å². The molecule has 9 heteroatoms. The van der Waals surface area contributed by atoms with Gasteiger partial charge in [0, 0.05) is 45.6 Å².